The first-order valence-electron chi connectivity index (χ1n) is 8.43. The fraction of sp³-hybridized carbons (Fsp3) is 0.444. The Morgan fingerprint density at radius 3 is 2.60 bits per heavy atom. The number of anilines is 1. The van der Waals surface area contributed by atoms with Gasteiger partial charge in [0.05, 0.1) is 17.3 Å². The molecule has 0 aliphatic carbocycles. The molecule has 2 aromatic rings. The summed E-state index contributed by atoms with van der Waals surface area (Å²) in [6, 6.07) is 8.01. The van der Waals surface area contributed by atoms with Crippen molar-refractivity contribution in [1.29, 1.82) is 0 Å². The van der Waals surface area contributed by atoms with Gasteiger partial charge in [-0.3, -0.25) is 9.89 Å². The molecule has 1 fully saturated rings. The van der Waals surface area contributed by atoms with E-state index in [4.69, 9.17) is 4.74 Å². The number of hydrogen-bond acceptors (Lipinski definition) is 4. The highest BCUT2D eigenvalue weighted by Crippen LogP contribution is 2.27. The number of piperazine rings is 1. The van der Waals surface area contributed by atoms with E-state index in [0.717, 1.165) is 34.7 Å². The first-order chi connectivity index (χ1) is 12.0. The number of benzene rings is 1. The number of ether oxygens (including phenoxy) is 1. The van der Waals surface area contributed by atoms with E-state index in [0.29, 0.717) is 18.8 Å². The predicted molar refractivity (Wildman–Crippen MR) is 101 cm³/mol. The first-order valence-corrected chi connectivity index (χ1v) is 9.22. The second-order valence-corrected chi connectivity index (χ2v) is 7.23. The van der Waals surface area contributed by atoms with E-state index in [1.165, 1.54) is 0 Å². The van der Waals surface area contributed by atoms with Crippen LogP contribution in [0.1, 0.15) is 35.9 Å². The normalized spacial score (nSPS) is 14.9. The van der Waals surface area contributed by atoms with Gasteiger partial charge in [-0.2, -0.15) is 5.10 Å². The Morgan fingerprint density at radius 1 is 1.28 bits per heavy atom. The minimum atomic E-state index is -0.0275. The van der Waals surface area contributed by atoms with Crippen LogP contribution in [0.5, 0.6) is 5.75 Å². The van der Waals surface area contributed by atoms with Crippen LogP contribution in [0.3, 0.4) is 0 Å². The fourth-order valence-corrected chi connectivity index (χ4v) is 3.80. The van der Waals surface area contributed by atoms with Crippen LogP contribution < -0.4 is 9.64 Å². The van der Waals surface area contributed by atoms with Gasteiger partial charge >= 0.3 is 0 Å². The summed E-state index contributed by atoms with van der Waals surface area (Å²) in [5, 5.41) is 7.19. The number of carbonyl (C=O) groups is 1. The number of nitrogens with one attached hydrogen (secondary N) is 1. The van der Waals surface area contributed by atoms with Crippen molar-refractivity contribution in [1.82, 2.24) is 15.1 Å². The van der Waals surface area contributed by atoms with Crippen molar-refractivity contribution >= 4 is 27.5 Å². The van der Waals surface area contributed by atoms with E-state index in [1.807, 2.05) is 23.1 Å². The number of carbonyl (C=O) groups excluding carboxylic acids is 1. The molecule has 6 nitrogen and oxygen atoms in total. The molecule has 25 heavy (non-hydrogen) atoms. The monoisotopic (exact) mass is 406 g/mol. The molecule has 1 aliphatic rings. The van der Waals surface area contributed by atoms with Crippen molar-refractivity contribution in [3.8, 4) is 5.75 Å². The zero-order chi connectivity index (χ0) is 18.0. The number of hydrogen-bond donors (Lipinski definition) is 1. The van der Waals surface area contributed by atoms with Gasteiger partial charge in [0.15, 0.2) is 5.69 Å². The minimum Gasteiger partial charge on any atom is -0.497 e. The standard InChI is InChI=1S/C18H23BrN4O2/c1-12(2)16-15(19)17(21-20-16)18(24)23-9-7-22(8-10-23)13-5-4-6-14(11-13)25-3/h4-6,11-12H,7-10H2,1-3H3,(H,20,21). The van der Waals surface area contributed by atoms with E-state index in [-0.39, 0.29) is 11.8 Å². The van der Waals surface area contributed by atoms with Gasteiger partial charge in [0, 0.05) is 37.9 Å². The van der Waals surface area contributed by atoms with Crippen LogP contribution in [-0.2, 0) is 0 Å². The van der Waals surface area contributed by atoms with Crippen LogP contribution in [0.15, 0.2) is 28.7 Å². The van der Waals surface area contributed by atoms with E-state index in [9.17, 15) is 4.79 Å². The summed E-state index contributed by atoms with van der Waals surface area (Å²) in [5.74, 6) is 1.10. The van der Waals surface area contributed by atoms with Crippen LogP contribution in [0, 0.1) is 0 Å². The Morgan fingerprint density at radius 2 is 2.00 bits per heavy atom. The Balaban J connectivity index is 1.66. The van der Waals surface area contributed by atoms with E-state index >= 15 is 0 Å². The summed E-state index contributed by atoms with van der Waals surface area (Å²) in [7, 11) is 1.67. The summed E-state index contributed by atoms with van der Waals surface area (Å²) in [4.78, 5) is 16.9. The summed E-state index contributed by atoms with van der Waals surface area (Å²) >= 11 is 3.52. The molecule has 0 radical (unpaired) electrons. The number of rotatable bonds is 4. The average molecular weight is 407 g/mol. The van der Waals surface area contributed by atoms with Crippen LogP contribution >= 0.6 is 15.9 Å². The van der Waals surface area contributed by atoms with Crippen molar-refractivity contribution in [3.63, 3.8) is 0 Å². The summed E-state index contributed by atoms with van der Waals surface area (Å²) in [5.41, 5.74) is 2.55. The smallest absolute Gasteiger partial charge is 0.275 e. The Hall–Kier alpha value is -2.02. The van der Waals surface area contributed by atoms with Gasteiger partial charge in [-0.1, -0.05) is 19.9 Å². The number of H-pyrrole nitrogens is 1. The van der Waals surface area contributed by atoms with Crippen molar-refractivity contribution in [2.24, 2.45) is 0 Å². The molecule has 1 aromatic heterocycles. The minimum absolute atomic E-state index is 0.0275. The third kappa shape index (κ3) is 3.66. The lowest BCUT2D eigenvalue weighted by atomic mass is 10.1. The van der Waals surface area contributed by atoms with Crippen LogP contribution in [0.2, 0.25) is 0 Å². The van der Waals surface area contributed by atoms with Gasteiger partial charge in [-0.05, 0) is 34.0 Å². The second-order valence-electron chi connectivity index (χ2n) is 6.44. The third-order valence-electron chi connectivity index (χ3n) is 4.50. The van der Waals surface area contributed by atoms with Crippen LogP contribution in [0.25, 0.3) is 0 Å². The maximum Gasteiger partial charge on any atom is 0.275 e. The lowest BCUT2D eigenvalue weighted by Gasteiger charge is -2.36. The maximum atomic E-state index is 12.8. The molecule has 1 aliphatic heterocycles. The Kier molecular flexibility index (Phi) is 5.32. The quantitative estimate of drug-likeness (QED) is 0.845. The number of methoxy groups -OCH3 is 1. The zero-order valence-electron chi connectivity index (χ0n) is 14.8. The Labute approximate surface area is 156 Å². The lowest BCUT2D eigenvalue weighted by molar-refractivity contribution is 0.0740. The van der Waals surface area contributed by atoms with Crippen LogP contribution in [-0.4, -0.2) is 54.3 Å². The molecule has 1 amide bonds. The molecule has 0 saturated carbocycles. The number of nitrogens with zero attached hydrogens (tertiary/aromatic N) is 3. The second kappa shape index (κ2) is 7.47. The summed E-state index contributed by atoms with van der Waals surface area (Å²) < 4.78 is 6.07. The molecule has 1 aromatic carbocycles. The highest BCUT2D eigenvalue weighted by atomic mass is 79.9. The van der Waals surface area contributed by atoms with Crippen molar-refractivity contribution in [2.75, 3.05) is 38.2 Å². The molecule has 0 unspecified atom stereocenters. The molecule has 134 valence electrons. The van der Waals surface area contributed by atoms with E-state index < -0.39 is 0 Å². The molecule has 0 spiro atoms. The third-order valence-corrected chi connectivity index (χ3v) is 5.30. The van der Waals surface area contributed by atoms with Crippen molar-refractivity contribution < 1.29 is 9.53 Å². The molecule has 3 rings (SSSR count). The largest absolute Gasteiger partial charge is 0.497 e. The van der Waals surface area contributed by atoms with E-state index in [2.05, 4.69) is 50.9 Å². The molecule has 0 bridgehead atoms. The highest BCUT2D eigenvalue weighted by Gasteiger charge is 2.27. The van der Waals surface area contributed by atoms with Gasteiger partial charge in [-0.15, -0.1) is 0 Å². The number of amides is 1. The predicted octanol–water partition coefficient (Wildman–Crippen LogP) is 3.27. The lowest BCUT2D eigenvalue weighted by Crippen LogP contribution is -2.49. The molecular formula is C18H23BrN4O2. The average Bonchev–Trinajstić information content (AvgIpc) is 3.03. The molecule has 1 N–H and O–H groups in total. The summed E-state index contributed by atoms with van der Waals surface area (Å²) in [6.07, 6.45) is 0. The molecule has 1 saturated heterocycles. The molecule has 7 heteroatoms. The van der Waals surface area contributed by atoms with Gasteiger partial charge < -0.3 is 14.5 Å². The number of aromatic amines is 1. The number of halogens is 1. The van der Waals surface area contributed by atoms with Crippen LogP contribution in [0.4, 0.5) is 5.69 Å². The van der Waals surface area contributed by atoms with Gasteiger partial charge in [0.25, 0.3) is 5.91 Å². The zero-order valence-corrected chi connectivity index (χ0v) is 16.3. The Bertz CT molecular complexity index is 751. The number of aromatic nitrogens is 2. The van der Waals surface area contributed by atoms with Gasteiger partial charge in [-0.25, -0.2) is 0 Å². The molecule has 2 heterocycles. The molecule has 0 atom stereocenters. The summed E-state index contributed by atoms with van der Waals surface area (Å²) in [6.45, 7) is 7.06. The SMILES string of the molecule is COc1cccc(N2CCN(C(=O)c3n[nH]c(C(C)C)c3Br)CC2)c1. The fourth-order valence-electron chi connectivity index (χ4n) is 2.99. The van der Waals surface area contributed by atoms with E-state index in [1.54, 1.807) is 7.11 Å². The highest BCUT2D eigenvalue weighted by molar-refractivity contribution is 9.10. The van der Waals surface area contributed by atoms with Gasteiger partial charge in [0.2, 0.25) is 0 Å². The van der Waals surface area contributed by atoms with Crippen molar-refractivity contribution in [2.45, 2.75) is 19.8 Å². The van der Waals surface area contributed by atoms with Gasteiger partial charge in [0.1, 0.15) is 5.75 Å². The topological polar surface area (TPSA) is 61.5 Å². The first kappa shape index (κ1) is 17.8. The maximum absolute atomic E-state index is 12.8. The van der Waals surface area contributed by atoms with Crippen molar-refractivity contribution in [3.05, 3.63) is 40.1 Å². The molecular weight excluding hydrogens is 384 g/mol.